The normalized spacial score (nSPS) is 12.3. The Kier molecular flexibility index (Phi) is 10.8. The van der Waals surface area contributed by atoms with E-state index in [1.807, 2.05) is 0 Å². The Bertz CT molecular complexity index is 3840. The highest BCUT2D eigenvalue weighted by molar-refractivity contribution is 5.96. The second-order valence-corrected chi connectivity index (χ2v) is 18.8. The molecule has 72 heavy (non-hydrogen) atoms. The van der Waals surface area contributed by atoms with Crippen LogP contribution in [0.2, 0.25) is 0 Å². The van der Waals surface area contributed by atoms with Crippen molar-refractivity contribution in [1.82, 2.24) is 0 Å². The molecule has 12 aromatic carbocycles. The molecule has 0 unspecified atom stereocenters. The quantitative estimate of drug-likeness (QED) is 0.132. The van der Waals surface area contributed by atoms with Crippen LogP contribution in [0.3, 0.4) is 0 Å². The van der Waals surface area contributed by atoms with Gasteiger partial charge in [0, 0.05) is 17.1 Å². The summed E-state index contributed by atoms with van der Waals surface area (Å²) in [5.74, 6) is 0. The second-order valence-electron chi connectivity index (χ2n) is 18.8. The molecule has 1 heteroatoms. The minimum absolute atomic E-state index is 0.454. The number of hydrogen-bond acceptors (Lipinski definition) is 1. The second kappa shape index (κ2) is 18.2. The van der Waals surface area contributed by atoms with E-state index in [0.29, 0.717) is 0 Å². The highest BCUT2D eigenvalue weighted by Crippen LogP contribution is 2.58. The van der Waals surface area contributed by atoms with Gasteiger partial charge in [0.2, 0.25) is 0 Å². The summed E-state index contributed by atoms with van der Waals surface area (Å²) < 4.78 is 0. The smallest absolute Gasteiger partial charge is 0.0713 e. The lowest BCUT2D eigenvalue weighted by Gasteiger charge is -2.34. The first-order chi connectivity index (χ1) is 35.7. The molecule has 0 radical (unpaired) electrons. The van der Waals surface area contributed by atoms with Gasteiger partial charge in [-0.1, -0.05) is 249 Å². The van der Waals surface area contributed by atoms with Crippen molar-refractivity contribution in [2.45, 2.75) is 5.41 Å². The highest BCUT2D eigenvalue weighted by Gasteiger charge is 2.46. The van der Waals surface area contributed by atoms with Crippen molar-refractivity contribution in [3.8, 4) is 66.8 Å². The largest absolute Gasteiger partial charge is 0.310 e. The molecule has 1 nitrogen and oxygen atoms in total. The molecule has 0 aliphatic heterocycles. The molecular weight excluding hydrogens is 867 g/mol. The summed E-state index contributed by atoms with van der Waals surface area (Å²) in [6.07, 6.45) is 0. The van der Waals surface area contributed by atoms with Crippen LogP contribution in [0.1, 0.15) is 22.3 Å². The Morgan fingerprint density at radius 2 is 0.639 bits per heavy atom. The zero-order chi connectivity index (χ0) is 47.8. The van der Waals surface area contributed by atoms with Gasteiger partial charge < -0.3 is 4.90 Å². The summed E-state index contributed by atoms with van der Waals surface area (Å²) in [5, 5.41) is 2.51. The van der Waals surface area contributed by atoms with Crippen molar-refractivity contribution in [3.05, 3.63) is 320 Å². The lowest BCUT2D eigenvalue weighted by molar-refractivity contribution is 0.768. The molecule has 0 N–H and O–H groups in total. The van der Waals surface area contributed by atoms with Crippen LogP contribution in [0.4, 0.5) is 17.1 Å². The minimum atomic E-state index is -0.454. The topological polar surface area (TPSA) is 3.24 Å². The van der Waals surface area contributed by atoms with Crippen molar-refractivity contribution in [1.29, 1.82) is 0 Å². The molecule has 0 saturated carbocycles. The van der Waals surface area contributed by atoms with Gasteiger partial charge >= 0.3 is 0 Å². The fraction of sp³-hybridized carbons (Fsp3) is 0.0141. The van der Waals surface area contributed by atoms with Crippen molar-refractivity contribution in [2.75, 3.05) is 4.90 Å². The Labute approximate surface area is 422 Å². The molecular formula is C71H49N. The third kappa shape index (κ3) is 7.51. The molecule has 12 aromatic rings. The van der Waals surface area contributed by atoms with Gasteiger partial charge in [0.25, 0.3) is 0 Å². The summed E-state index contributed by atoms with van der Waals surface area (Å²) in [4.78, 5) is 2.38. The third-order valence-electron chi connectivity index (χ3n) is 14.8. The van der Waals surface area contributed by atoms with Crippen LogP contribution >= 0.6 is 0 Å². The zero-order valence-corrected chi connectivity index (χ0v) is 39.7. The maximum atomic E-state index is 2.38. The van der Waals surface area contributed by atoms with E-state index in [9.17, 15) is 0 Å². The Morgan fingerprint density at radius 1 is 0.222 bits per heavy atom. The van der Waals surface area contributed by atoms with Crippen molar-refractivity contribution in [3.63, 3.8) is 0 Å². The van der Waals surface area contributed by atoms with Gasteiger partial charge in [-0.3, -0.25) is 0 Å². The van der Waals surface area contributed by atoms with Gasteiger partial charge in [0.1, 0.15) is 0 Å². The Balaban J connectivity index is 0.854. The molecule has 0 amide bonds. The minimum Gasteiger partial charge on any atom is -0.310 e. The van der Waals surface area contributed by atoms with Crippen LogP contribution in [-0.4, -0.2) is 0 Å². The standard InChI is InChI=1S/C71H49N/c1-4-17-50(18-5-1)59-23-15-28-65(49-59)72(63-43-39-53(40-44-63)52-33-35-54(36-34-52)57-21-14-22-58(47-57)60-38-37-51-19-10-11-20-56(51)48-60)64-45-41-55(42-46-64)66-30-16-32-69-70(66)67-29-12-13-31-68(67)71(69,61-24-6-2-7-25-61)62-26-8-3-9-27-62/h1-49H. The molecule has 13 rings (SSSR count). The van der Waals surface area contributed by atoms with Gasteiger partial charge in [-0.05, 0) is 148 Å². The van der Waals surface area contributed by atoms with Crippen LogP contribution in [0.5, 0.6) is 0 Å². The number of rotatable bonds is 10. The summed E-state index contributed by atoms with van der Waals surface area (Å²) in [5.41, 5.74) is 22.5. The first-order valence-electron chi connectivity index (χ1n) is 24.9. The summed E-state index contributed by atoms with van der Waals surface area (Å²) in [6.45, 7) is 0. The lowest BCUT2D eigenvalue weighted by Crippen LogP contribution is -2.28. The zero-order valence-electron chi connectivity index (χ0n) is 39.7. The van der Waals surface area contributed by atoms with Crippen LogP contribution < -0.4 is 4.90 Å². The SMILES string of the molecule is c1ccc(-c2cccc(N(c3ccc(-c4ccc(-c5cccc(-c6ccc7ccccc7c6)c5)cc4)cc3)c3ccc(-c4cccc5c4-c4ccccc4C5(c4ccccc4)c4ccccc4)cc3)c2)cc1. The van der Waals surface area contributed by atoms with E-state index in [-0.39, 0.29) is 0 Å². The molecule has 0 atom stereocenters. The molecule has 0 bridgehead atoms. The first-order valence-corrected chi connectivity index (χ1v) is 24.9. The van der Waals surface area contributed by atoms with E-state index in [1.165, 1.54) is 99.8 Å². The van der Waals surface area contributed by atoms with E-state index in [1.54, 1.807) is 0 Å². The van der Waals surface area contributed by atoms with Crippen LogP contribution in [-0.2, 0) is 5.41 Å². The highest BCUT2D eigenvalue weighted by atomic mass is 15.1. The maximum Gasteiger partial charge on any atom is 0.0713 e. The number of hydrogen-bond donors (Lipinski definition) is 0. The van der Waals surface area contributed by atoms with Gasteiger partial charge in [0.05, 0.1) is 5.41 Å². The summed E-state index contributed by atoms with van der Waals surface area (Å²) in [7, 11) is 0. The van der Waals surface area contributed by atoms with Gasteiger partial charge in [-0.15, -0.1) is 0 Å². The molecule has 0 fully saturated rings. The van der Waals surface area contributed by atoms with E-state index >= 15 is 0 Å². The van der Waals surface area contributed by atoms with Gasteiger partial charge in [-0.2, -0.15) is 0 Å². The molecule has 0 saturated heterocycles. The van der Waals surface area contributed by atoms with E-state index in [2.05, 4.69) is 302 Å². The average Bonchev–Trinajstić information content (AvgIpc) is 3.78. The monoisotopic (exact) mass is 915 g/mol. The lowest BCUT2D eigenvalue weighted by atomic mass is 9.67. The van der Waals surface area contributed by atoms with E-state index in [4.69, 9.17) is 0 Å². The Morgan fingerprint density at radius 3 is 1.31 bits per heavy atom. The molecule has 1 aliphatic carbocycles. The fourth-order valence-corrected chi connectivity index (χ4v) is 11.3. The predicted octanol–water partition coefficient (Wildman–Crippen LogP) is 19.0. The van der Waals surface area contributed by atoms with Crippen LogP contribution in [0.25, 0.3) is 77.5 Å². The number of nitrogens with zero attached hydrogens (tertiary/aromatic N) is 1. The first kappa shape index (κ1) is 42.8. The number of benzene rings is 12. The average molecular weight is 916 g/mol. The van der Waals surface area contributed by atoms with Crippen molar-refractivity contribution in [2.24, 2.45) is 0 Å². The van der Waals surface area contributed by atoms with E-state index < -0.39 is 5.41 Å². The predicted molar refractivity (Wildman–Crippen MR) is 303 cm³/mol. The fourth-order valence-electron chi connectivity index (χ4n) is 11.3. The molecule has 338 valence electrons. The van der Waals surface area contributed by atoms with Crippen LogP contribution in [0.15, 0.2) is 297 Å². The van der Waals surface area contributed by atoms with Crippen molar-refractivity contribution >= 4 is 27.8 Å². The van der Waals surface area contributed by atoms with Crippen molar-refractivity contribution < 1.29 is 0 Å². The number of anilines is 3. The van der Waals surface area contributed by atoms with E-state index in [0.717, 1.165) is 17.1 Å². The Hall–Kier alpha value is -9.30. The molecule has 0 spiro atoms. The number of fused-ring (bicyclic) bond motifs is 4. The molecule has 0 aromatic heterocycles. The molecule has 1 aliphatic rings. The van der Waals surface area contributed by atoms with Gasteiger partial charge in [0.15, 0.2) is 0 Å². The van der Waals surface area contributed by atoms with Crippen LogP contribution in [0, 0.1) is 0 Å². The van der Waals surface area contributed by atoms with Gasteiger partial charge in [-0.25, -0.2) is 0 Å². The molecule has 0 heterocycles. The summed E-state index contributed by atoms with van der Waals surface area (Å²) in [6, 6.07) is 109. The summed E-state index contributed by atoms with van der Waals surface area (Å²) >= 11 is 0. The maximum absolute atomic E-state index is 2.38. The third-order valence-corrected chi connectivity index (χ3v) is 14.8.